The van der Waals surface area contributed by atoms with Crippen molar-refractivity contribution in [3.05, 3.63) is 40.4 Å². The molecular weight excluding hydrogens is 485 g/mol. The molecule has 2 amide bonds. The summed E-state index contributed by atoms with van der Waals surface area (Å²) in [6, 6.07) is 3.51. The Labute approximate surface area is 216 Å². The molecule has 2 aliphatic rings. The smallest absolute Gasteiger partial charge is 0.272 e. The number of imidazole rings is 1. The van der Waals surface area contributed by atoms with Crippen molar-refractivity contribution < 1.29 is 19.1 Å². The number of hydrogen-bond acceptors (Lipinski definition) is 5. The number of halogens is 2. The fourth-order valence-corrected chi connectivity index (χ4v) is 5.07. The lowest BCUT2D eigenvalue weighted by Gasteiger charge is -2.37. The van der Waals surface area contributed by atoms with Gasteiger partial charge in [0.1, 0.15) is 17.7 Å². The van der Waals surface area contributed by atoms with Gasteiger partial charge in [-0.25, -0.2) is 9.37 Å². The van der Waals surface area contributed by atoms with E-state index in [1.807, 2.05) is 32.4 Å². The summed E-state index contributed by atoms with van der Waals surface area (Å²) in [4.78, 5) is 35.6. The first-order valence-electron chi connectivity index (χ1n) is 12.5. The average Bonchev–Trinajstić information content (AvgIpc) is 3.04. The number of amides is 2. The van der Waals surface area contributed by atoms with E-state index in [2.05, 4.69) is 15.2 Å². The van der Waals surface area contributed by atoms with E-state index < -0.39 is 29.3 Å². The third kappa shape index (κ3) is 5.58. The van der Waals surface area contributed by atoms with Crippen LogP contribution in [0.25, 0.3) is 11.4 Å². The van der Waals surface area contributed by atoms with Crippen LogP contribution in [0.15, 0.2) is 18.2 Å². The zero-order chi connectivity index (χ0) is 26.2. The Morgan fingerprint density at radius 3 is 2.56 bits per heavy atom. The summed E-state index contributed by atoms with van der Waals surface area (Å²) in [5.74, 6) is -0.750. The Kier molecular flexibility index (Phi) is 7.73. The number of fused-ring (bicyclic) bond motifs is 1. The maximum atomic E-state index is 14.8. The van der Waals surface area contributed by atoms with Crippen molar-refractivity contribution in [3.8, 4) is 11.4 Å². The Balaban J connectivity index is 1.70. The van der Waals surface area contributed by atoms with E-state index in [-0.39, 0.29) is 17.2 Å². The molecule has 0 spiro atoms. The molecule has 1 aromatic carbocycles. The fourth-order valence-electron chi connectivity index (χ4n) is 4.89. The van der Waals surface area contributed by atoms with Crippen molar-refractivity contribution in [2.45, 2.75) is 65.3 Å². The van der Waals surface area contributed by atoms with Gasteiger partial charge in [-0.05, 0) is 56.5 Å². The summed E-state index contributed by atoms with van der Waals surface area (Å²) < 4.78 is 16.7. The van der Waals surface area contributed by atoms with E-state index in [9.17, 15) is 19.1 Å². The molecule has 1 saturated heterocycles. The molecule has 0 radical (unpaired) electrons. The van der Waals surface area contributed by atoms with Gasteiger partial charge in [0.25, 0.3) is 5.91 Å². The van der Waals surface area contributed by atoms with Gasteiger partial charge in [0.2, 0.25) is 5.91 Å². The lowest BCUT2D eigenvalue weighted by Crippen LogP contribution is -2.56. The number of carbonyl (C=O) groups is 2. The van der Waals surface area contributed by atoms with Crippen LogP contribution in [0.3, 0.4) is 0 Å². The number of nitrogens with zero attached hydrogens (tertiary/aromatic N) is 4. The van der Waals surface area contributed by atoms with Crippen LogP contribution in [0.2, 0.25) is 5.02 Å². The van der Waals surface area contributed by atoms with Gasteiger partial charge in [0.05, 0.1) is 17.4 Å². The molecular formula is C26H35ClFN5O3. The minimum Gasteiger partial charge on any atom is -0.393 e. The van der Waals surface area contributed by atoms with Gasteiger partial charge in [-0.1, -0.05) is 32.4 Å². The second kappa shape index (κ2) is 10.5. The van der Waals surface area contributed by atoms with Gasteiger partial charge in [-0.15, -0.1) is 0 Å². The highest BCUT2D eigenvalue weighted by Gasteiger charge is 2.38. The van der Waals surface area contributed by atoms with Crippen LogP contribution < -0.4 is 5.32 Å². The van der Waals surface area contributed by atoms with E-state index in [1.165, 1.54) is 18.2 Å². The number of rotatable bonds is 4. The predicted molar refractivity (Wildman–Crippen MR) is 136 cm³/mol. The van der Waals surface area contributed by atoms with Crippen LogP contribution in [0.5, 0.6) is 0 Å². The highest BCUT2D eigenvalue weighted by atomic mass is 35.5. The van der Waals surface area contributed by atoms with Crippen LogP contribution in [-0.4, -0.2) is 75.1 Å². The number of aliphatic hydroxyl groups excluding tert-OH is 1. The van der Waals surface area contributed by atoms with Crippen LogP contribution in [0.4, 0.5) is 4.39 Å². The SMILES string of the molecule is CN1CCCn2c(-c3cc(Cl)ccc3F)nc(C(=O)NC(C(=O)N3CCC(O)CC3)C(C)(C)C)c2C1. The largest absolute Gasteiger partial charge is 0.393 e. The van der Waals surface area contributed by atoms with E-state index in [0.29, 0.717) is 55.6 Å². The zero-order valence-electron chi connectivity index (χ0n) is 21.4. The van der Waals surface area contributed by atoms with Gasteiger partial charge < -0.3 is 24.8 Å². The lowest BCUT2D eigenvalue weighted by atomic mass is 9.85. The third-order valence-corrected chi connectivity index (χ3v) is 7.20. The van der Waals surface area contributed by atoms with Crippen molar-refractivity contribution in [2.75, 3.05) is 26.7 Å². The molecule has 0 aliphatic carbocycles. The van der Waals surface area contributed by atoms with Crippen molar-refractivity contribution in [2.24, 2.45) is 5.41 Å². The summed E-state index contributed by atoms with van der Waals surface area (Å²) >= 11 is 6.16. The first-order chi connectivity index (χ1) is 17.0. The van der Waals surface area contributed by atoms with Crippen LogP contribution in [0.1, 0.15) is 56.2 Å². The van der Waals surface area contributed by atoms with E-state index in [4.69, 9.17) is 11.6 Å². The molecule has 2 aromatic rings. The van der Waals surface area contributed by atoms with Crippen LogP contribution >= 0.6 is 11.6 Å². The molecule has 0 bridgehead atoms. The maximum Gasteiger partial charge on any atom is 0.272 e. The second-order valence-corrected chi connectivity index (χ2v) is 11.4. The van der Waals surface area contributed by atoms with E-state index >= 15 is 0 Å². The molecule has 36 heavy (non-hydrogen) atoms. The highest BCUT2D eigenvalue weighted by Crippen LogP contribution is 2.30. The van der Waals surface area contributed by atoms with Crippen molar-refractivity contribution in [3.63, 3.8) is 0 Å². The Morgan fingerprint density at radius 1 is 1.19 bits per heavy atom. The molecule has 1 atom stereocenters. The molecule has 1 fully saturated rings. The monoisotopic (exact) mass is 519 g/mol. The quantitative estimate of drug-likeness (QED) is 0.647. The summed E-state index contributed by atoms with van der Waals surface area (Å²) in [7, 11) is 1.97. The molecule has 10 heteroatoms. The molecule has 2 aliphatic heterocycles. The summed E-state index contributed by atoms with van der Waals surface area (Å²) in [5.41, 5.74) is 0.554. The Hall–Kier alpha value is -2.49. The number of benzene rings is 1. The molecule has 1 aromatic heterocycles. The summed E-state index contributed by atoms with van der Waals surface area (Å²) in [6.07, 6.45) is 1.46. The number of carbonyl (C=O) groups excluding carboxylic acids is 2. The van der Waals surface area contributed by atoms with Crippen molar-refractivity contribution >= 4 is 23.4 Å². The summed E-state index contributed by atoms with van der Waals surface area (Å²) in [6.45, 7) is 8.49. The molecule has 8 nitrogen and oxygen atoms in total. The summed E-state index contributed by atoms with van der Waals surface area (Å²) in [5, 5.41) is 13.2. The van der Waals surface area contributed by atoms with Gasteiger partial charge in [-0.3, -0.25) is 9.59 Å². The van der Waals surface area contributed by atoms with Crippen molar-refractivity contribution in [1.82, 2.24) is 24.7 Å². The average molecular weight is 520 g/mol. The molecule has 196 valence electrons. The highest BCUT2D eigenvalue weighted by molar-refractivity contribution is 6.30. The number of hydrogen-bond donors (Lipinski definition) is 2. The van der Waals surface area contributed by atoms with Gasteiger partial charge in [0, 0.05) is 31.2 Å². The first-order valence-corrected chi connectivity index (χ1v) is 12.8. The Morgan fingerprint density at radius 2 is 1.89 bits per heavy atom. The number of piperidine rings is 1. The fraction of sp³-hybridized carbons (Fsp3) is 0.577. The number of likely N-dealkylation sites (tertiary alicyclic amines) is 1. The van der Waals surface area contributed by atoms with Crippen molar-refractivity contribution in [1.29, 1.82) is 0 Å². The molecule has 1 unspecified atom stereocenters. The zero-order valence-corrected chi connectivity index (χ0v) is 22.1. The normalized spacial score (nSPS) is 18.5. The van der Waals surface area contributed by atoms with Gasteiger partial charge in [-0.2, -0.15) is 0 Å². The molecule has 3 heterocycles. The van der Waals surface area contributed by atoms with Gasteiger partial charge in [0.15, 0.2) is 5.69 Å². The van der Waals surface area contributed by atoms with Crippen LogP contribution in [-0.2, 0) is 17.9 Å². The van der Waals surface area contributed by atoms with Crippen LogP contribution in [0, 0.1) is 11.2 Å². The lowest BCUT2D eigenvalue weighted by molar-refractivity contribution is -0.137. The molecule has 0 saturated carbocycles. The third-order valence-electron chi connectivity index (χ3n) is 6.96. The maximum absolute atomic E-state index is 14.8. The molecule has 2 N–H and O–H groups in total. The molecule has 4 rings (SSSR count). The second-order valence-electron chi connectivity index (χ2n) is 10.9. The Bertz CT molecular complexity index is 1140. The minimum absolute atomic E-state index is 0.175. The van der Waals surface area contributed by atoms with E-state index in [1.54, 1.807) is 4.90 Å². The number of nitrogens with one attached hydrogen (secondary N) is 1. The standard InChI is InChI=1S/C26H35ClFN5O3/c1-26(2,3)22(25(36)32-12-8-17(34)9-13-32)30-24(35)21-20-15-31(4)10-5-11-33(20)23(29-21)18-14-16(27)6-7-19(18)28/h6-7,14,17,22,34H,5,8-13,15H2,1-4H3,(H,30,35). The minimum atomic E-state index is -0.785. The topological polar surface area (TPSA) is 90.7 Å². The van der Waals surface area contributed by atoms with E-state index in [0.717, 1.165) is 13.0 Å². The number of aromatic nitrogens is 2. The van der Waals surface area contributed by atoms with Gasteiger partial charge >= 0.3 is 0 Å². The predicted octanol–water partition coefficient (Wildman–Crippen LogP) is 3.31. The first kappa shape index (κ1) is 26.6. The number of aliphatic hydroxyl groups is 1.